The summed E-state index contributed by atoms with van der Waals surface area (Å²) >= 11 is 0. The van der Waals surface area contributed by atoms with E-state index in [1.165, 1.54) is 0 Å². The van der Waals surface area contributed by atoms with E-state index in [1.807, 2.05) is 0 Å². The van der Waals surface area contributed by atoms with E-state index in [9.17, 15) is 9.59 Å². The Morgan fingerprint density at radius 2 is 1.86 bits per heavy atom. The second-order valence-electron chi connectivity index (χ2n) is 3.31. The van der Waals surface area contributed by atoms with Gasteiger partial charge in [0.15, 0.2) is 0 Å². The summed E-state index contributed by atoms with van der Waals surface area (Å²) in [6, 6.07) is -1.02. The van der Waals surface area contributed by atoms with Crippen molar-refractivity contribution < 1.29 is 19.8 Å². The fourth-order valence-electron chi connectivity index (χ4n) is 1.43. The normalized spacial score (nSPS) is 19.4. The lowest BCUT2D eigenvalue weighted by Gasteiger charge is -2.20. The smallest absolute Gasteiger partial charge is 0.322 e. The molecule has 1 atom stereocenters. The number of hydrogen-bond donors (Lipinski definition) is 3. The highest BCUT2D eigenvalue weighted by Crippen LogP contribution is 2.05. The van der Waals surface area contributed by atoms with Gasteiger partial charge in [-0.3, -0.25) is 9.59 Å². The van der Waals surface area contributed by atoms with Gasteiger partial charge in [0, 0.05) is 13.1 Å². The van der Waals surface area contributed by atoms with Gasteiger partial charge < -0.3 is 10.2 Å². The van der Waals surface area contributed by atoms with Crippen molar-refractivity contribution >= 4 is 11.9 Å². The summed E-state index contributed by atoms with van der Waals surface area (Å²) < 4.78 is 0. The third kappa shape index (κ3) is 3.31. The molecule has 0 aromatic rings. The van der Waals surface area contributed by atoms with Gasteiger partial charge in [-0.25, -0.2) is 10.4 Å². The quantitative estimate of drug-likeness (QED) is 0.557. The molecule has 1 heterocycles. The maximum Gasteiger partial charge on any atom is 0.322 e. The van der Waals surface area contributed by atoms with E-state index in [4.69, 9.17) is 10.2 Å². The highest BCUT2D eigenvalue weighted by molar-refractivity contribution is 5.80. The van der Waals surface area contributed by atoms with Crippen LogP contribution in [0.5, 0.6) is 0 Å². The van der Waals surface area contributed by atoms with E-state index in [0.29, 0.717) is 0 Å². The molecule has 14 heavy (non-hydrogen) atoms. The van der Waals surface area contributed by atoms with Crippen LogP contribution in [-0.2, 0) is 9.59 Å². The Balaban J connectivity index is 2.41. The van der Waals surface area contributed by atoms with Gasteiger partial charge in [-0.15, -0.1) is 0 Å². The van der Waals surface area contributed by atoms with Crippen molar-refractivity contribution in [1.82, 2.24) is 10.4 Å². The van der Waals surface area contributed by atoms with E-state index in [2.05, 4.69) is 5.43 Å². The standard InChI is InChI=1S/C8H14N2O4/c11-7(12)5-6(8(13)14)9-10-3-1-2-4-10/h6,9H,1-5H2,(H,11,12)(H,13,14). The van der Waals surface area contributed by atoms with Crippen molar-refractivity contribution in [3.63, 3.8) is 0 Å². The van der Waals surface area contributed by atoms with Gasteiger partial charge in [-0.05, 0) is 12.8 Å². The maximum absolute atomic E-state index is 10.7. The lowest BCUT2D eigenvalue weighted by molar-refractivity contribution is -0.147. The molecule has 0 aromatic heterocycles. The first kappa shape index (κ1) is 10.9. The average Bonchev–Trinajstić information content (AvgIpc) is 2.54. The van der Waals surface area contributed by atoms with E-state index >= 15 is 0 Å². The van der Waals surface area contributed by atoms with Gasteiger partial charge in [-0.1, -0.05) is 0 Å². The van der Waals surface area contributed by atoms with Gasteiger partial charge in [0.2, 0.25) is 0 Å². The molecule has 1 rings (SSSR count). The summed E-state index contributed by atoms with van der Waals surface area (Å²) in [4.78, 5) is 21.0. The van der Waals surface area contributed by atoms with Crippen LogP contribution < -0.4 is 5.43 Å². The Labute approximate surface area is 81.5 Å². The summed E-state index contributed by atoms with van der Waals surface area (Å²) in [5.74, 6) is -2.23. The van der Waals surface area contributed by atoms with Crippen LogP contribution in [0.25, 0.3) is 0 Å². The van der Waals surface area contributed by atoms with E-state index in [1.54, 1.807) is 5.01 Å². The molecule has 0 aromatic carbocycles. The van der Waals surface area contributed by atoms with E-state index in [-0.39, 0.29) is 0 Å². The minimum Gasteiger partial charge on any atom is -0.481 e. The van der Waals surface area contributed by atoms with Crippen molar-refractivity contribution in [2.45, 2.75) is 25.3 Å². The number of carboxylic acids is 2. The Morgan fingerprint density at radius 1 is 1.29 bits per heavy atom. The minimum atomic E-state index is -1.13. The zero-order chi connectivity index (χ0) is 10.6. The van der Waals surface area contributed by atoms with Crippen LogP contribution in [-0.4, -0.2) is 46.3 Å². The molecule has 0 spiro atoms. The maximum atomic E-state index is 10.7. The molecule has 0 aliphatic carbocycles. The van der Waals surface area contributed by atoms with Crippen molar-refractivity contribution in [3.05, 3.63) is 0 Å². The van der Waals surface area contributed by atoms with Crippen LogP contribution in [0.15, 0.2) is 0 Å². The third-order valence-corrected chi connectivity index (χ3v) is 2.12. The van der Waals surface area contributed by atoms with Gasteiger partial charge in [0.1, 0.15) is 6.04 Å². The molecule has 1 saturated heterocycles. The van der Waals surface area contributed by atoms with E-state index < -0.39 is 24.4 Å². The number of aliphatic carboxylic acids is 2. The molecule has 3 N–H and O–H groups in total. The lowest BCUT2D eigenvalue weighted by Crippen LogP contribution is -2.48. The molecular formula is C8H14N2O4. The molecule has 1 unspecified atom stereocenters. The number of nitrogens with one attached hydrogen (secondary N) is 1. The molecule has 0 amide bonds. The fourth-order valence-corrected chi connectivity index (χ4v) is 1.43. The molecule has 0 radical (unpaired) electrons. The third-order valence-electron chi connectivity index (χ3n) is 2.12. The van der Waals surface area contributed by atoms with Crippen LogP contribution >= 0.6 is 0 Å². The monoisotopic (exact) mass is 202 g/mol. The summed E-state index contributed by atoms with van der Waals surface area (Å²) in [6.45, 7) is 1.56. The molecule has 6 heteroatoms. The number of rotatable bonds is 5. The predicted molar refractivity (Wildman–Crippen MR) is 47.6 cm³/mol. The first-order valence-electron chi connectivity index (χ1n) is 4.55. The predicted octanol–water partition coefficient (Wildman–Crippen LogP) is -0.485. The van der Waals surface area contributed by atoms with Crippen LogP contribution in [0.4, 0.5) is 0 Å². The van der Waals surface area contributed by atoms with Crippen molar-refractivity contribution in [3.8, 4) is 0 Å². The SMILES string of the molecule is O=C(O)CC(NN1CCCC1)C(=O)O. The van der Waals surface area contributed by atoms with Crippen molar-refractivity contribution in [2.24, 2.45) is 0 Å². The summed E-state index contributed by atoms with van der Waals surface area (Å²) in [5.41, 5.74) is 2.70. The minimum absolute atomic E-state index is 0.397. The average molecular weight is 202 g/mol. The van der Waals surface area contributed by atoms with Crippen LogP contribution in [0.2, 0.25) is 0 Å². The number of carbonyl (C=O) groups is 2. The van der Waals surface area contributed by atoms with Gasteiger partial charge in [0.25, 0.3) is 0 Å². The zero-order valence-corrected chi connectivity index (χ0v) is 7.77. The molecule has 1 aliphatic heterocycles. The molecule has 0 bridgehead atoms. The molecule has 0 saturated carbocycles. The second-order valence-corrected chi connectivity index (χ2v) is 3.31. The second kappa shape index (κ2) is 4.92. The van der Waals surface area contributed by atoms with Crippen LogP contribution in [0.3, 0.4) is 0 Å². The largest absolute Gasteiger partial charge is 0.481 e. The van der Waals surface area contributed by atoms with Gasteiger partial charge in [0.05, 0.1) is 6.42 Å². The van der Waals surface area contributed by atoms with Crippen LogP contribution in [0.1, 0.15) is 19.3 Å². The highest BCUT2D eigenvalue weighted by Gasteiger charge is 2.24. The first-order valence-corrected chi connectivity index (χ1v) is 4.55. The molecular weight excluding hydrogens is 188 g/mol. The molecule has 80 valence electrons. The fraction of sp³-hybridized carbons (Fsp3) is 0.750. The Bertz CT molecular complexity index is 225. The first-order chi connectivity index (χ1) is 6.59. The number of carboxylic acid groups (broad SMARTS) is 2. The number of nitrogens with zero attached hydrogens (tertiary/aromatic N) is 1. The van der Waals surface area contributed by atoms with Crippen molar-refractivity contribution in [1.29, 1.82) is 0 Å². The summed E-state index contributed by atoms with van der Waals surface area (Å²) in [6.07, 6.45) is 1.64. The highest BCUT2D eigenvalue weighted by atomic mass is 16.4. The van der Waals surface area contributed by atoms with Gasteiger partial charge in [-0.2, -0.15) is 0 Å². The molecule has 6 nitrogen and oxygen atoms in total. The van der Waals surface area contributed by atoms with Gasteiger partial charge >= 0.3 is 11.9 Å². The zero-order valence-electron chi connectivity index (χ0n) is 7.77. The lowest BCUT2D eigenvalue weighted by atomic mass is 10.2. The number of hydrogen-bond acceptors (Lipinski definition) is 4. The molecule has 1 fully saturated rings. The van der Waals surface area contributed by atoms with Crippen LogP contribution in [0, 0.1) is 0 Å². The Morgan fingerprint density at radius 3 is 2.29 bits per heavy atom. The van der Waals surface area contributed by atoms with E-state index in [0.717, 1.165) is 25.9 Å². The number of hydrazine groups is 1. The Hall–Kier alpha value is -1.14. The summed E-state index contributed by atoms with van der Waals surface area (Å²) in [5, 5.41) is 19.0. The molecule has 1 aliphatic rings. The van der Waals surface area contributed by atoms with Crippen molar-refractivity contribution in [2.75, 3.05) is 13.1 Å². The Kier molecular flexibility index (Phi) is 3.84. The topological polar surface area (TPSA) is 89.9 Å². The summed E-state index contributed by atoms with van der Waals surface area (Å²) in [7, 11) is 0.